The number of phenols is 1. The monoisotopic (exact) mass is 512 g/mol. The summed E-state index contributed by atoms with van der Waals surface area (Å²) < 4.78 is 79.1. The number of halogens is 6. The quantitative estimate of drug-likeness (QED) is 0.308. The number of aliphatic hydroxyl groups is 2. The summed E-state index contributed by atoms with van der Waals surface area (Å²) in [7, 11) is 1.31. The molecule has 0 heterocycles. The summed E-state index contributed by atoms with van der Waals surface area (Å²) in [5.74, 6) is -3.42. The molecular weight excluding hydrogens is 490 g/mol. The minimum Gasteiger partial charge on any atom is -0.506 e. The van der Waals surface area contributed by atoms with Crippen LogP contribution < -0.4 is 15.4 Å². The number of anilines is 2. The molecule has 0 saturated heterocycles. The van der Waals surface area contributed by atoms with Gasteiger partial charge in [-0.2, -0.15) is 26.3 Å². The Balaban J connectivity index is 0.000000351. The van der Waals surface area contributed by atoms with Gasteiger partial charge in [0.1, 0.15) is 11.5 Å². The van der Waals surface area contributed by atoms with Gasteiger partial charge in [0.05, 0.1) is 18.5 Å². The molecule has 2 unspecified atom stereocenters. The number of carbonyl (C=O) groups is 2. The fourth-order valence-corrected chi connectivity index (χ4v) is 2.07. The first kappa shape index (κ1) is 29.5. The highest BCUT2D eigenvalue weighted by atomic mass is 19.4. The smallest absolute Gasteiger partial charge is 0.426 e. The van der Waals surface area contributed by atoms with Crippen molar-refractivity contribution in [3.8, 4) is 11.5 Å². The molecule has 194 valence electrons. The number of hydrogen-bond donors (Lipinski definition) is 5. The average molecular weight is 512 g/mol. The van der Waals surface area contributed by atoms with Gasteiger partial charge in [-0.15, -0.1) is 0 Å². The van der Waals surface area contributed by atoms with E-state index in [0.29, 0.717) is 13.8 Å². The number of rotatable bonds is 5. The van der Waals surface area contributed by atoms with Gasteiger partial charge in [0.2, 0.25) is 11.2 Å². The third kappa shape index (κ3) is 7.23. The Bertz CT molecular complexity index is 1040. The van der Waals surface area contributed by atoms with Gasteiger partial charge in [-0.05, 0) is 38.1 Å². The van der Waals surface area contributed by atoms with Crippen LogP contribution in [0.5, 0.6) is 11.5 Å². The van der Waals surface area contributed by atoms with Crippen molar-refractivity contribution < 1.29 is 56.0 Å². The third-order valence-electron chi connectivity index (χ3n) is 4.50. The van der Waals surface area contributed by atoms with Crippen LogP contribution in [0.15, 0.2) is 48.5 Å². The molecule has 2 atom stereocenters. The number of nitrogens with one attached hydrogen (secondary N) is 2. The Hall–Kier alpha value is -3.52. The van der Waals surface area contributed by atoms with Crippen LogP contribution in [0.4, 0.5) is 37.7 Å². The number of aromatic hydroxyl groups is 1. The second-order valence-corrected chi connectivity index (χ2v) is 7.27. The van der Waals surface area contributed by atoms with Crippen molar-refractivity contribution in [3.05, 3.63) is 48.5 Å². The lowest BCUT2D eigenvalue weighted by atomic mass is 10.1. The molecule has 5 N–H and O–H groups in total. The van der Waals surface area contributed by atoms with Gasteiger partial charge in [0.25, 0.3) is 11.8 Å². The maximum Gasteiger partial charge on any atom is 0.426 e. The van der Waals surface area contributed by atoms with Crippen molar-refractivity contribution in [2.45, 2.75) is 37.4 Å². The van der Waals surface area contributed by atoms with E-state index in [2.05, 4.69) is 0 Å². The van der Waals surface area contributed by atoms with Gasteiger partial charge in [-0.3, -0.25) is 9.59 Å². The Morgan fingerprint density at radius 3 is 1.51 bits per heavy atom. The first-order valence-corrected chi connectivity index (χ1v) is 9.48. The Labute approximate surface area is 195 Å². The molecule has 0 saturated carbocycles. The van der Waals surface area contributed by atoms with E-state index < -0.39 is 35.4 Å². The maximum atomic E-state index is 12.4. The molecule has 2 rings (SSSR count). The molecule has 14 heteroatoms. The van der Waals surface area contributed by atoms with Crippen molar-refractivity contribution in [1.29, 1.82) is 0 Å². The van der Waals surface area contributed by atoms with Crippen molar-refractivity contribution in [2.75, 3.05) is 17.7 Å². The van der Waals surface area contributed by atoms with Gasteiger partial charge >= 0.3 is 12.4 Å². The fourth-order valence-electron chi connectivity index (χ4n) is 2.07. The average Bonchev–Trinajstić information content (AvgIpc) is 2.74. The normalized spacial score (nSPS) is 14.9. The molecule has 0 spiro atoms. The van der Waals surface area contributed by atoms with Crippen LogP contribution in [-0.4, -0.2) is 57.8 Å². The van der Waals surface area contributed by atoms with E-state index in [-0.39, 0.29) is 22.9 Å². The van der Waals surface area contributed by atoms with Gasteiger partial charge < -0.3 is 30.7 Å². The van der Waals surface area contributed by atoms with E-state index in [1.54, 1.807) is 11.4 Å². The standard InChI is InChI=1S/C11H12F3NO3.C10H10F3NO3/c1-10(17,11(12,13)14)9(16)15-7-5-3-4-6-8(7)18-2;1-9(17,10(11,12)13)8(16)14-6-4-2-3-5-7(6)15/h3-6,17H,1-2H3,(H,15,16);2-5,15,17H,1H3,(H,14,16). The number of amides is 2. The zero-order valence-corrected chi connectivity index (χ0v) is 18.5. The van der Waals surface area contributed by atoms with Crippen LogP contribution in [0, 0.1) is 0 Å². The molecule has 0 aliphatic carbocycles. The van der Waals surface area contributed by atoms with Crippen LogP contribution in [0.3, 0.4) is 0 Å². The van der Waals surface area contributed by atoms with Crippen LogP contribution in [0.1, 0.15) is 13.8 Å². The summed E-state index contributed by atoms with van der Waals surface area (Å²) in [5.41, 5.74) is -7.14. The molecule has 0 radical (unpaired) electrons. The molecule has 0 aromatic heterocycles. The van der Waals surface area contributed by atoms with Gasteiger partial charge in [-0.1, -0.05) is 24.3 Å². The summed E-state index contributed by atoms with van der Waals surface area (Å²) in [4.78, 5) is 22.7. The lowest BCUT2D eigenvalue weighted by Crippen LogP contribution is -2.52. The second-order valence-electron chi connectivity index (χ2n) is 7.27. The predicted molar refractivity (Wildman–Crippen MR) is 112 cm³/mol. The molecular formula is C21H22F6N2O6. The van der Waals surface area contributed by atoms with Gasteiger partial charge in [0, 0.05) is 0 Å². The number of alkyl halides is 6. The van der Waals surface area contributed by atoms with E-state index >= 15 is 0 Å². The first-order valence-electron chi connectivity index (χ1n) is 9.48. The van der Waals surface area contributed by atoms with Crippen LogP contribution in [0.2, 0.25) is 0 Å². The number of phenolic OH excluding ortho intramolecular Hbond substituents is 1. The molecule has 2 amide bonds. The highest BCUT2D eigenvalue weighted by Gasteiger charge is 2.56. The van der Waals surface area contributed by atoms with E-state index in [0.717, 1.165) is 0 Å². The SMILES string of the molecule is CC(O)(C(=O)Nc1ccccc1O)C(F)(F)F.COc1ccccc1NC(=O)C(C)(O)C(F)(F)F. The summed E-state index contributed by atoms with van der Waals surface area (Å²) in [6.45, 7) is 0.722. The highest BCUT2D eigenvalue weighted by molar-refractivity contribution is 5.99. The van der Waals surface area contributed by atoms with Crippen molar-refractivity contribution in [3.63, 3.8) is 0 Å². The first-order chi connectivity index (χ1) is 15.9. The van der Waals surface area contributed by atoms with Gasteiger partial charge in [-0.25, -0.2) is 0 Å². The fraction of sp³-hybridized carbons (Fsp3) is 0.333. The van der Waals surface area contributed by atoms with E-state index in [1.807, 2.05) is 5.32 Å². The summed E-state index contributed by atoms with van der Waals surface area (Å²) in [6, 6.07) is 11.2. The lowest BCUT2D eigenvalue weighted by Gasteiger charge is -2.25. The molecule has 2 aromatic carbocycles. The minimum absolute atomic E-state index is 0.0505. The number of carbonyl (C=O) groups excluding carboxylic acids is 2. The number of hydrogen-bond acceptors (Lipinski definition) is 6. The molecule has 0 fully saturated rings. The Morgan fingerprint density at radius 1 is 0.743 bits per heavy atom. The largest absolute Gasteiger partial charge is 0.506 e. The van der Waals surface area contributed by atoms with Crippen molar-refractivity contribution in [1.82, 2.24) is 0 Å². The zero-order valence-electron chi connectivity index (χ0n) is 18.5. The van der Waals surface area contributed by atoms with Crippen LogP contribution in [0.25, 0.3) is 0 Å². The summed E-state index contributed by atoms with van der Waals surface area (Å²) in [6.07, 6.45) is -10.2. The van der Waals surface area contributed by atoms with Gasteiger partial charge in [0.15, 0.2) is 0 Å². The summed E-state index contributed by atoms with van der Waals surface area (Å²) in [5, 5.41) is 31.2. The predicted octanol–water partition coefficient (Wildman–Crippen LogP) is 3.59. The molecule has 0 bridgehead atoms. The van der Waals surface area contributed by atoms with Crippen LogP contribution in [-0.2, 0) is 9.59 Å². The second kappa shape index (κ2) is 10.8. The third-order valence-corrected chi connectivity index (χ3v) is 4.50. The highest BCUT2D eigenvalue weighted by Crippen LogP contribution is 2.33. The topological polar surface area (TPSA) is 128 Å². The Morgan fingerprint density at radius 2 is 1.11 bits per heavy atom. The van der Waals surface area contributed by atoms with Crippen LogP contribution >= 0.6 is 0 Å². The van der Waals surface area contributed by atoms with Crippen molar-refractivity contribution in [2.24, 2.45) is 0 Å². The molecule has 0 aliphatic heterocycles. The van der Waals surface area contributed by atoms with E-state index in [4.69, 9.17) is 14.9 Å². The van der Waals surface area contributed by atoms with E-state index in [9.17, 15) is 41.0 Å². The Kier molecular flexibility index (Phi) is 9.12. The molecule has 0 aliphatic rings. The number of para-hydroxylation sites is 4. The zero-order chi connectivity index (χ0) is 27.2. The maximum absolute atomic E-state index is 12.4. The van der Waals surface area contributed by atoms with E-state index in [1.165, 1.54) is 49.6 Å². The molecule has 2 aromatic rings. The molecule has 8 nitrogen and oxygen atoms in total. The number of ether oxygens (including phenoxy) is 1. The number of benzene rings is 2. The number of methoxy groups -OCH3 is 1. The lowest BCUT2D eigenvalue weighted by molar-refractivity contribution is -0.243. The summed E-state index contributed by atoms with van der Waals surface area (Å²) >= 11 is 0. The minimum atomic E-state index is -5.10. The van der Waals surface area contributed by atoms with Crippen molar-refractivity contribution >= 4 is 23.2 Å². The molecule has 35 heavy (non-hydrogen) atoms.